The molecule has 0 spiro atoms. The summed E-state index contributed by atoms with van der Waals surface area (Å²) in [5, 5.41) is 9.80. The van der Waals surface area contributed by atoms with Gasteiger partial charge in [-0.05, 0) is 4.92 Å². The number of nitrogens with one attached hydrogen (secondary N) is 1. The molecule has 13 heavy (non-hydrogen) atoms. The monoisotopic (exact) mass is 210 g/mol. The van der Waals surface area contributed by atoms with Gasteiger partial charge in [-0.15, -0.1) is 0 Å². The minimum atomic E-state index is -4.14. The lowest BCUT2D eigenvalue weighted by molar-refractivity contribution is -0.389. The first-order chi connectivity index (χ1) is 5.80. The predicted molar refractivity (Wildman–Crippen MR) is 41.5 cm³/mol. The van der Waals surface area contributed by atoms with Gasteiger partial charge in [0, 0.05) is 0 Å². The van der Waals surface area contributed by atoms with Crippen molar-refractivity contribution in [3.63, 3.8) is 0 Å². The number of hydrogen-bond acceptors (Lipinski definition) is 4. The highest BCUT2D eigenvalue weighted by Gasteiger charge is 1.99. The molecule has 10 heteroatoms. The molecule has 1 aromatic rings. The van der Waals surface area contributed by atoms with Crippen molar-refractivity contribution in [2.24, 2.45) is 5.50 Å². The van der Waals surface area contributed by atoms with Gasteiger partial charge in [0.1, 0.15) is 6.20 Å². The van der Waals surface area contributed by atoms with E-state index in [1.165, 1.54) is 6.33 Å². The van der Waals surface area contributed by atoms with Gasteiger partial charge in [-0.2, -0.15) is 0 Å². The zero-order valence-corrected chi connectivity index (χ0v) is 7.09. The minimum absolute atomic E-state index is 0.0787. The van der Waals surface area contributed by atoms with Gasteiger partial charge in [-0.3, -0.25) is 0 Å². The summed E-state index contributed by atoms with van der Waals surface area (Å²) in [5.74, 6) is -0.0787. The number of aromatic nitrogens is 2. The van der Waals surface area contributed by atoms with E-state index in [-0.39, 0.29) is 5.82 Å². The Labute approximate surface area is 72.0 Å². The molecule has 9 nitrogen and oxygen atoms in total. The van der Waals surface area contributed by atoms with Gasteiger partial charge in [0.25, 0.3) is 0 Å². The van der Waals surface area contributed by atoms with Crippen LogP contribution in [0.1, 0.15) is 0 Å². The van der Waals surface area contributed by atoms with Crippen LogP contribution in [0.2, 0.25) is 0 Å². The Morgan fingerprint density at radius 3 is 2.31 bits per heavy atom. The molecule has 74 valence electrons. The lowest BCUT2D eigenvalue weighted by Crippen LogP contribution is -1.87. The third-order valence-corrected chi connectivity index (χ3v) is 0.680. The number of H-pyrrole nitrogens is 1. The smallest absolute Gasteiger partial charge is 0.358 e. The van der Waals surface area contributed by atoms with Gasteiger partial charge in [0.05, 0.1) is 0 Å². The zero-order chi connectivity index (χ0) is 10.5. The molecule has 0 aliphatic rings. The van der Waals surface area contributed by atoms with Crippen LogP contribution in [0.3, 0.4) is 0 Å². The largest absolute Gasteiger partial charge is 0.397 e. The standard InChI is InChI=1S/C3H3N3O2.H4NO3P/c7-6(8)3-1-4-2-5-3;1-5(2,3)4/h1-2H,(H,4,5);(H4,1,2,3,4). The van der Waals surface area contributed by atoms with E-state index in [0.29, 0.717) is 0 Å². The van der Waals surface area contributed by atoms with Gasteiger partial charge in [0.15, 0.2) is 6.33 Å². The molecule has 0 radical (unpaired) electrons. The first kappa shape index (κ1) is 11.7. The van der Waals surface area contributed by atoms with Crippen LogP contribution in [0.5, 0.6) is 0 Å². The fourth-order valence-corrected chi connectivity index (χ4v) is 0.348. The molecule has 1 rings (SSSR count). The Balaban J connectivity index is 0.000000252. The van der Waals surface area contributed by atoms with Crippen molar-refractivity contribution < 1.29 is 19.3 Å². The summed E-state index contributed by atoms with van der Waals surface area (Å²) >= 11 is 0. The topological polar surface area (TPSA) is 155 Å². The SMILES string of the molecule is NP(=O)(O)O.O=[N+]([O-])c1cnc[nH]1. The van der Waals surface area contributed by atoms with Crippen LogP contribution in [0.4, 0.5) is 5.82 Å². The molecule has 0 aliphatic carbocycles. The summed E-state index contributed by atoms with van der Waals surface area (Å²) in [7, 11) is -4.14. The molecule has 0 fully saturated rings. The van der Waals surface area contributed by atoms with Gasteiger partial charge in [-0.1, -0.05) is 0 Å². The van der Waals surface area contributed by atoms with E-state index in [9.17, 15) is 10.1 Å². The molecule has 5 N–H and O–H groups in total. The number of imidazole rings is 1. The number of rotatable bonds is 1. The van der Waals surface area contributed by atoms with Crippen LogP contribution in [0.25, 0.3) is 0 Å². The van der Waals surface area contributed by atoms with Crippen LogP contribution in [0.15, 0.2) is 12.5 Å². The highest BCUT2D eigenvalue weighted by Crippen LogP contribution is 2.20. The molecule has 0 saturated carbocycles. The van der Waals surface area contributed by atoms with Crippen LogP contribution >= 0.6 is 7.75 Å². The fraction of sp³-hybridized carbons (Fsp3) is 0. The second-order valence-corrected chi connectivity index (χ2v) is 2.96. The maximum Gasteiger partial charge on any atom is 0.397 e. The minimum Gasteiger partial charge on any atom is -0.358 e. The van der Waals surface area contributed by atoms with Gasteiger partial charge < -0.3 is 19.9 Å². The van der Waals surface area contributed by atoms with Crippen molar-refractivity contribution in [1.82, 2.24) is 9.97 Å². The molecule has 0 aliphatic heterocycles. The zero-order valence-electron chi connectivity index (χ0n) is 6.19. The number of nitrogens with two attached hydrogens (primary N) is 1. The average Bonchev–Trinajstić information content (AvgIpc) is 2.31. The number of aromatic amines is 1. The normalized spacial score (nSPS) is 10.1. The van der Waals surface area contributed by atoms with Crippen molar-refractivity contribution in [1.29, 1.82) is 0 Å². The first-order valence-electron chi connectivity index (χ1n) is 2.77. The second kappa shape index (κ2) is 4.67. The highest BCUT2D eigenvalue weighted by atomic mass is 31.2. The summed E-state index contributed by atoms with van der Waals surface area (Å²) in [6, 6.07) is 0. The van der Waals surface area contributed by atoms with Crippen molar-refractivity contribution in [2.75, 3.05) is 0 Å². The van der Waals surface area contributed by atoms with Crippen molar-refractivity contribution >= 4 is 13.6 Å². The molecule has 0 aromatic carbocycles. The average molecular weight is 210 g/mol. The predicted octanol–water partition coefficient (Wildman–Crippen LogP) is -0.644. The van der Waals surface area contributed by atoms with E-state index >= 15 is 0 Å². The van der Waals surface area contributed by atoms with Crippen LogP contribution in [0, 0.1) is 10.1 Å². The lowest BCUT2D eigenvalue weighted by Gasteiger charge is -1.84. The van der Waals surface area contributed by atoms with E-state index in [2.05, 4.69) is 15.5 Å². The molecular weight excluding hydrogens is 203 g/mol. The van der Waals surface area contributed by atoms with Gasteiger partial charge in [-0.25, -0.2) is 20.0 Å². The quantitative estimate of drug-likeness (QED) is 0.272. The molecule has 0 atom stereocenters. The summed E-state index contributed by atoms with van der Waals surface area (Å²) < 4.78 is 9.10. The summed E-state index contributed by atoms with van der Waals surface area (Å²) in [4.78, 5) is 29.9. The fourth-order valence-electron chi connectivity index (χ4n) is 0.348. The Kier molecular flexibility index (Phi) is 4.21. The molecule has 1 heterocycles. The van der Waals surface area contributed by atoms with Crippen molar-refractivity contribution in [3.05, 3.63) is 22.6 Å². The molecule has 0 unspecified atom stereocenters. The van der Waals surface area contributed by atoms with Crippen LogP contribution in [-0.2, 0) is 4.57 Å². The van der Waals surface area contributed by atoms with Gasteiger partial charge >= 0.3 is 13.6 Å². The second-order valence-electron chi connectivity index (χ2n) is 1.78. The van der Waals surface area contributed by atoms with E-state index in [0.717, 1.165) is 6.20 Å². The molecule has 0 amide bonds. The van der Waals surface area contributed by atoms with E-state index in [1.807, 2.05) is 0 Å². The lowest BCUT2D eigenvalue weighted by atomic mass is 10.8. The maximum absolute atomic E-state index is 9.80. The Hall–Kier alpha value is -1.28. The Morgan fingerprint density at radius 1 is 1.69 bits per heavy atom. The molecule has 0 saturated heterocycles. The van der Waals surface area contributed by atoms with E-state index in [1.54, 1.807) is 0 Å². The number of hydrogen-bond donors (Lipinski definition) is 4. The third-order valence-electron chi connectivity index (χ3n) is 0.680. The van der Waals surface area contributed by atoms with E-state index in [4.69, 9.17) is 14.4 Å². The Bertz CT molecular complexity index is 295. The number of nitro groups is 1. The van der Waals surface area contributed by atoms with Gasteiger partial charge in [0.2, 0.25) is 0 Å². The molecule has 1 aromatic heterocycles. The van der Waals surface area contributed by atoms with Crippen molar-refractivity contribution in [3.8, 4) is 0 Å². The maximum atomic E-state index is 9.80. The molecule has 0 bridgehead atoms. The summed E-state index contributed by atoms with van der Waals surface area (Å²) in [6.45, 7) is 0. The third kappa shape index (κ3) is 8.63. The van der Waals surface area contributed by atoms with Crippen molar-refractivity contribution in [2.45, 2.75) is 0 Å². The van der Waals surface area contributed by atoms with E-state index < -0.39 is 12.7 Å². The summed E-state index contributed by atoms with van der Waals surface area (Å²) in [5.41, 5.74) is 4.02. The van der Waals surface area contributed by atoms with Crippen LogP contribution < -0.4 is 5.50 Å². The summed E-state index contributed by atoms with van der Waals surface area (Å²) in [6.07, 6.45) is 2.41. The number of nitrogens with zero attached hydrogens (tertiary/aromatic N) is 2. The highest BCUT2D eigenvalue weighted by molar-refractivity contribution is 7.49. The molecular formula is C3H7N4O5P. The Morgan fingerprint density at radius 2 is 2.15 bits per heavy atom. The van der Waals surface area contributed by atoms with Crippen LogP contribution in [-0.4, -0.2) is 24.7 Å². The first-order valence-corrected chi connectivity index (χ1v) is 4.45.